The fourth-order valence-electron chi connectivity index (χ4n) is 3.61. The first-order chi connectivity index (χ1) is 16.9. The van der Waals surface area contributed by atoms with Crippen LogP contribution in [0.25, 0.3) is 0 Å². The first kappa shape index (κ1) is 27.4. The van der Waals surface area contributed by atoms with E-state index in [0.717, 1.165) is 16.0 Å². The average Bonchev–Trinajstić information content (AvgIpc) is 2.84. The summed E-state index contributed by atoms with van der Waals surface area (Å²) in [6, 6.07) is 21.7. The zero-order valence-electron chi connectivity index (χ0n) is 19.3. The van der Waals surface area contributed by atoms with Crippen LogP contribution in [0.5, 0.6) is 0 Å². The molecule has 0 heterocycles. The number of benzene rings is 3. The summed E-state index contributed by atoms with van der Waals surface area (Å²) in [5.41, 5.74) is 1.71. The molecule has 184 valence electrons. The van der Waals surface area contributed by atoms with Crippen LogP contribution in [0, 0.1) is 0 Å². The van der Waals surface area contributed by atoms with E-state index < -0.39 is 6.04 Å². The van der Waals surface area contributed by atoms with Gasteiger partial charge < -0.3 is 10.2 Å². The zero-order chi connectivity index (χ0) is 25.2. The Morgan fingerprint density at radius 1 is 0.943 bits per heavy atom. The number of rotatable bonds is 11. The molecule has 35 heavy (non-hydrogen) atoms. The molecule has 3 aromatic carbocycles. The molecule has 3 aromatic rings. The van der Waals surface area contributed by atoms with Crippen molar-refractivity contribution < 1.29 is 9.59 Å². The maximum atomic E-state index is 13.6. The second kappa shape index (κ2) is 13.8. The van der Waals surface area contributed by atoms with Crippen LogP contribution in [0.4, 0.5) is 0 Å². The van der Waals surface area contributed by atoms with Crippen LogP contribution in [0.2, 0.25) is 15.1 Å². The standard InChI is InChI=1S/C27H27Cl3N2O2S/c1-2-31-27(34)25(16-19-6-4-3-5-7-19)32(18-20-8-9-22(29)17-24(20)30)26(33)14-15-35-23-12-10-21(28)11-13-23/h3-13,17,25H,2,14-16,18H2,1H3,(H,31,34). The van der Waals surface area contributed by atoms with E-state index in [1.165, 1.54) is 0 Å². The lowest BCUT2D eigenvalue weighted by Gasteiger charge is -2.32. The van der Waals surface area contributed by atoms with Gasteiger partial charge in [-0.05, 0) is 54.4 Å². The Labute approximate surface area is 225 Å². The summed E-state index contributed by atoms with van der Waals surface area (Å²) in [5.74, 6) is 0.253. The van der Waals surface area contributed by atoms with Gasteiger partial charge in [-0.1, -0.05) is 71.2 Å². The third kappa shape index (κ3) is 8.46. The Kier molecular flexibility index (Phi) is 10.8. The molecule has 3 rings (SSSR count). The first-order valence-electron chi connectivity index (χ1n) is 11.3. The smallest absolute Gasteiger partial charge is 0.243 e. The third-order valence-electron chi connectivity index (χ3n) is 5.38. The van der Waals surface area contributed by atoms with Gasteiger partial charge in [0.1, 0.15) is 6.04 Å². The molecule has 0 bridgehead atoms. The minimum Gasteiger partial charge on any atom is -0.355 e. The van der Waals surface area contributed by atoms with E-state index in [0.29, 0.717) is 33.8 Å². The topological polar surface area (TPSA) is 49.4 Å². The van der Waals surface area contributed by atoms with Gasteiger partial charge in [0.15, 0.2) is 0 Å². The summed E-state index contributed by atoms with van der Waals surface area (Å²) in [4.78, 5) is 29.4. The van der Waals surface area contributed by atoms with E-state index in [4.69, 9.17) is 34.8 Å². The van der Waals surface area contributed by atoms with E-state index in [-0.39, 0.29) is 24.8 Å². The van der Waals surface area contributed by atoms with Crippen LogP contribution < -0.4 is 5.32 Å². The number of hydrogen-bond acceptors (Lipinski definition) is 3. The lowest BCUT2D eigenvalue weighted by atomic mass is 10.0. The van der Waals surface area contributed by atoms with E-state index in [2.05, 4.69) is 5.32 Å². The molecule has 0 spiro atoms. The molecule has 0 aromatic heterocycles. The van der Waals surface area contributed by atoms with Crippen LogP contribution in [0.3, 0.4) is 0 Å². The van der Waals surface area contributed by atoms with Crippen molar-refractivity contribution in [3.05, 3.63) is 99.0 Å². The molecular formula is C27H27Cl3N2O2S. The van der Waals surface area contributed by atoms with Gasteiger partial charge in [-0.25, -0.2) is 0 Å². The summed E-state index contributed by atoms with van der Waals surface area (Å²) in [6.45, 7) is 2.54. The lowest BCUT2D eigenvalue weighted by molar-refractivity contribution is -0.140. The highest BCUT2D eigenvalue weighted by Gasteiger charge is 2.30. The summed E-state index contributed by atoms with van der Waals surface area (Å²) in [7, 11) is 0. The van der Waals surface area contributed by atoms with Crippen LogP contribution in [-0.2, 0) is 22.6 Å². The normalized spacial score (nSPS) is 11.7. The third-order valence-corrected chi connectivity index (χ3v) is 7.23. The minimum atomic E-state index is -0.683. The van der Waals surface area contributed by atoms with Gasteiger partial charge >= 0.3 is 0 Å². The van der Waals surface area contributed by atoms with Crippen LogP contribution >= 0.6 is 46.6 Å². The summed E-state index contributed by atoms with van der Waals surface area (Å²) in [6.07, 6.45) is 0.664. The van der Waals surface area contributed by atoms with Crippen molar-refractivity contribution in [3.63, 3.8) is 0 Å². The number of carbonyl (C=O) groups is 2. The largest absolute Gasteiger partial charge is 0.355 e. The molecule has 8 heteroatoms. The van der Waals surface area contributed by atoms with Gasteiger partial charge in [-0.3, -0.25) is 9.59 Å². The molecule has 1 unspecified atom stereocenters. The number of carbonyl (C=O) groups excluding carboxylic acids is 2. The van der Waals surface area contributed by atoms with Gasteiger partial charge in [-0.15, -0.1) is 11.8 Å². The number of hydrogen-bond donors (Lipinski definition) is 1. The summed E-state index contributed by atoms with van der Waals surface area (Å²) >= 11 is 20.1. The quantitative estimate of drug-likeness (QED) is 0.265. The highest BCUT2D eigenvalue weighted by atomic mass is 35.5. The molecule has 0 saturated heterocycles. The van der Waals surface area contributed by atoms with E-state index in [1.807, 2.05) is 61.5 Å². The maximum Gasteiger partial charge on any atom is 0.243 e. The van der Waals surface area contributed by atoms with Gasteiger partial charge in [-0.2, -0.15) is 0 Å². The van der Waals surface area contributed by atoms with Crippen molar-refractivity contribution in [1.82, 2.24) is 10.2 Å². The van der Waals surface area contributed by atoms with Crippen molar-refractivity contribution in [2.45, 2.75) is 37.2 Å². The van der Waals surface area contributed by atoms with E-state index in [1.54, 1.807) is 34.9 Å². The minimum absolute atomic E-state index is 0.121. The average molecular weight is 550 g/mol. The number of likely N-dealkylation sites (N-methyl/N-ethyl adjacent to an activating group) is 1. The fourth-order valence-corrected chi connectivity index (χ4v) is 5.05. The molecule has 0 fully saturated rings. The highest BCUT2D eigenvalue weighted by molar-refractivity contribution is 7.99. The van der Waals surface area contributed by atoms with E-state index in [9.17, 15) is 9.59 Å². The van der Waals surface area contributed by atoms with Crippen LogP contribution in [0.1, 0.15) is 24.5 Å². The monoisotopic (exact) mass is 548 g/mol. The Morgan fingerprint density at radius 2 is 1.63 bits per heavy atom. The van der Waals surface area contributed by atoms with Gasteiger partial charge in [0.2, 0.25) is 11.8 Å². The Morgan fingerprint density at radius 3 is 2.29 bits per heavy atom. The predicted octanol–water partition coefficient (Wildman–Crippen LogP) is 6.91. The van der Waals surface area contributed by atoms with Crippen molar-refractivity contribution in [3.8, 4) is 0 Å². The number of thioether (sulfide) groups is 1. The Bertz CT molecular complexity index is 1130. The number of amides is 2. The van der Waals surface area contributed by atoms with Crippen molar-refractivity contribution in [2.24, 2.45) is 0 Å². The summed E-state index contributed by atoms with van der Waals surface area (Å²) < 4.78 is 0. The van der Waals surface area contributed by atoms with Gasteiger partial charge in [0, 0.05) is 51.6 Å². The molecule has 0 radical (unpaired) electrons. The molecule has 2 amide bonds. The zero-order valence-corrected chi connectivity index (χ0v) is 22.4. The Balaban J connectivity index is 1.85. The molecule has 0 aliphatic rings. The van der Waals surface area contributed by atoms with Gasteiger partial charge in [0.05, 0.1) is 0 Å². The predicted molar refractivity (Wildman–Crippen MR) is 146 cm³/mol. The number of halogens is 3. The first-order valence-corrected chi connectivity index (χ1v) is 13.4. The molecule has 0 saturated carbocycles. The summed E-state index contributed by atoms with van der Waals surface area (Å²) in [5, 5.41) is 4.53. The maximum absolute atomic E-state index is 13.6. The van der Waals surface area contributed by atoms with Crippen molar-refractivity contribution in [2.75, 3.05) is 12.3 Å². The molecule has 0 aliphatic carbocycles. The SMILES string of the molecule is CCNC(=O)C(Cc1ccccc1)N(Cc1ccc(Cl)cc1Cl)C(=O)CCSc1ccc(Cl)cc1. The Hall–Kier alpha value is -2.18. The van der Waals surface area contributed by atoms with E-state index >= 15 is 0 Å². The molecule has 1 N–H and O–H groups in total. The number of nitrogens with one attached hydrogen (secondary N) is 1. The second-order valence-corrected chi connectivity index (χ2v) is 10.4. The lowest BCUT2D eigenvalue weighted by Crippen LogP contribution is -2.50. The number of nitrogens with zero attached hydrogens (tertiary/aromatic N) is 1. The van der Waals surface area contributed by atoms with Crippen molar-refractivity contribution in [1.29, 1.82) is 0 Å². The molecule has 4 nitrogen and oxygen atoms in total. The fraction of sp³-hybridized carbons (Fsp3) is 0.259. The second-order valence-electron chi connectivity index (χ2n) is 7.91. The molecule has 0 aliphatic heterocycles. The highest BCUT2D eigenvalue weighted by Crippen LogP contribution is 2.26. The molecular weight excluding hydrogens is 523 g/mol. The molecule has 1 atom stereocenters. The van der Waals surface area contributed by atoms with Crippen LogP contribution in [-0.4, -0.2) is 35.1 Å². The van der Waals surface area contributed by atoms with Gasteiger partial charge in [0.25, 0.3) is 0 Å². The van der Waals surface area contributed by atoms with Crippen LogP contribution in [0.15, 0.2) is 77.7 Å². The van der Waals surface area contributed by atoms with Crippen molar-refractivity contribution >= 4 is 58.4 Å².